The molecule has 0 aromatic rings. The van der Waals surface area contributed by atoms with E-state index in [9.17, 15) is 5.11 Å². The summed E-state index contributed by atoms with van der Waals surface area (Å²) in [7, 11) is 0. The summed E-state index contributed by atoms with van der Waals surface area (Å²) in [6.07, 6.45) is 8.78. The fraction of sp³-hybridized carbons (Fsp3) is 1.00. The topological polar surface area (TPSA) is 20.2 Å². The number of hydrogen-bond acceptors (Lipinski definition) is 1. The van der Waals surface area contributed by atoms with Crippen LogP contribution in [0.2, 0.25) is 0 Å². The highest BCUT2D eigenvalue weighted by atomic mass is 16.3. The highest BCUT2D eigenvalue weighted by Gasteiger charge is 2.51. The first-order valence-electron chi connectivity index (χ1n) is 7.29. The lowest BCUT2D eigenvalue weighted by Gasteiger charge is -2.53. The third kappa shape index (κ3) is 2.16. The third-order valence-corrected chi connectivity index (χ3v) is 5.30. The average Bonchev–Trinajstić information content (AvgIpc) is 2.24. The minimum absolute atomic E-state index is 0.282. The molecule has 2 atom stereocenters. The normalized spacial score (nSPS) is 44.4. The van der Waals surface area contributed by atoms with Crippen molar-refractivity contribution in [1.82, 2.24) is 0 Å². The second-order valence-electron chi connectivity index (χ2n) is 6.58. The Kier molecular flexibility index (Phi) is 3.63. The summed E-state index contributed by atoms with van der Waals surface area (Å²) in [5.74, 6) is 2.95. The van der Waals surface area contributed by atoms with Gasteiger partial charge < -0.3 is 5.11 Å². The lowest BCUT2D eigenvalue weighted by atomic mass is 9.56. The van der Waals surface area contributed by atoms with E-state index >= 15 is 0 Å². The van der Waals surface area contributed by atoms with Gasteiger partial charge in [-0.2, -0.15) is 0 Å². The maximum atomic E-state index is 10.8. The zero-order valence-corrected chi connectivity index (χ0v) is 11.2. The second kappa shape index (κ2) is 4.68. The van der Waals surface area contributed by atoms with E-state index in [1.54, 1.807) is 0 Å². The molecule has 2 saturated carbocycles. The molecule has 2 fully saturated rings. The fourth-order valence-electron chi connectivity index (χ4n) is 4.03. The van der Waals surface area contributed by atoms with Gasteiger partial charge in [-0.05, 0) is 42.9 Å². The van der Waals surface area contributed by atoms with Crippen molar-refractivity contribution in [3.05, 3.63) is 0 Å². The van der Waals surface area contributed by atoms with Crippen LogP contribution in [0.25, 0.3) is 0 Å². The maximum Gasteiger partial charge on any atom is 0.0684 e. The Hall–Kier alpha value is -0.0400. The van der Waals surface area contributed by atoms with Gasteiger partial charge in [-0.3, -0.25) is 0 Å². The number of aliphatic hydroxyl groups is 1. The van der Waals surface area contributed by atoms with E-state index in [-0.39, 0.29) is 5.60 Å². The number of rotatable bonds is 3. The summed E-state index contributed by atoms with van der Waals surface area (Å²) in [6, 6.07) is 0. The van der Waals surface area contributed by atoms with Crippen molar-refractivity contribution in [2.75, 3.05) is 0 Å². The highest BCUT2D eigenvalue weighted by molar-refractivity contribution is 5.02. The van der Waals surface area contributed by atoms with Gasteiger partial charge in [0.2, 0.25) is 0 Å². The summed E-state index contributed by atoms with van der Waals surface area (Å²) in [5.41, 5.74) is -0.282. The molecule has 0 bridgehead atoms. The van der Waals surface area contributed by atoms with Crippen LogP contribution in [0.4, 0.5) is 0 Å². The summed E-state index contributed by atoms with van der Waals surface area (Å²) in [4.78, 5) is 0. The van der Waals surface area contributed by atoms with E-state index in [1.807, 2.05) is 0 Å². The zero-order chi connectivity index (χ0) is 11.8. The van der Waals surface area contributed by atoms with Crippen LogP contribution in [0, 0.1) is 23.7 Å². The molecule has 0 heterocycles. The molecule has 1 heteroatoms. The first-order chi connectivity index (χ1) is 7.57. The van der Waals surface area contributed by atoms with Gasteiger partial charge >= 0.3 is 0 Å². The SMILES string of the molecule is CCC1CCCCC1C1(O)CC(C(C)C)C1. The van der Waals surface area contributed by atoms with E-state index in [4.69, 9.17) is 0 Å². The minimum Gasteiger partial charge on any atom is -0.390 e. The first kappa shape index (κ1) is 12.4. The zero-order valence-electron chi connectivity index (χ0n) is 11.2. The lowest BCUT2D eigenvalue weighted by Crippen LogP contribution is -2.54. The molecule has 2 unspecified atom stereocenters. The quantitative estimate of drug-likeness (QED) is 0.768. The molecule has 0 saturated heterocycles. The molecule has 94 valence electrons. The van der Waals surface area contributed by atoms with Crippen LogP contribution < -0.4 is 0 Å². The van der Waals surface area contributed by atoms with Crippen LogP contribution in [0.3, 0.4) is 0 Å². The van der Waals surface area contributed by atoms with Gasteiger partial charge in [0.05, 0.1) is 5.60 Å². The van der Waals surface area contributed by atoms with Crippen molar-refractivity contribution in [1.29, 1.82) is 0 Å². The molecular formula is C15H28O. The Labute approximate surface area is 101 Å². The van der Waals surface area contributed by atoms with Crippen LogP contribution >= 0.6 is 0 Å². The predicted octanol–water partition coefficient (Wildman–Crippen LogP) is 4.00. The van der Waals surface area contributed by atoms with E-state index in [0.29, 0.717) is 5.92 Å². The largest absolute Gasteiger partial charge is 0.390 e. The predicted molar refractivity (Wildman–Crippen MR) is 68.3 cm³/mol. The molecule has 0 spiro atoms. The molecule has 0 aliphatic heterocycles. The Morgan fingerprint density at radius 1 is 1.19 bits per heavy atom. The second-order valence-corrected chi connectivity index (χ2v) is 6.58. The first-order valence-corrected chi connectivity index (χ1v) is 7.29. The molecule has 1 N–H and O–H groups in total. The van der Waals surface area contributed by atoms with Crippen LogP contribution in [-0.2, 0) is 0 Å². The lowest BCUT2D eigenvalue weighted by molar-refractivity contribution is -0.151. The number of hydrogen-bond donors (Lipinski definition) is 1. The van der Waals surface area contributed by atoms with Crippen molar-refractivity contribution in [2.45, 2.75) is 71.3 Å². The highest BCUT2D eigenvalue weighted by Crippen LogP contribution is 2.52. The Balaban J connectivity index is 1.96. The Bertz CT molecular complexity index is 228. The summed E-state index contributed by atoms with van der Waals surface area (Å²) < 4.78 is 0. The molecule has 0 aromatic heterocycles. The Morgan fingerprint density at radius 3 is 2.38 bits per heavy atom. The van der Waals surface area contributed by atoms with Gasteiger partial charge in [0.25, 0.3) is 0 Å². The molecule has 1 nitrogen and oxygen atoms in total. The van der Waals surface area contributed by atoms with Gasteiger partial charge in [0.15, 0.2) is 0 Å². The Morgan fingerprint density at radius 2 is 1.81 bits per heavy atom. The third-order valence-electron chi connectivity index (χ3n) is 5.30. The molecule has 2 rings (SSSR count). The fourth-order valence-corrected chi connectivity index (χ4v) is 4.03. The van der Waals surface area contributed by atoms with Crippen molar-refractivity contribution >= 4 is 0 Å². The van der Waals surface area contributed by atoms with Crippen LogP contribution in [0.1, 0.15) is 65.7 Å². The average molecular weight is 224 g/mol. The van der Waals surface area contributed by atoms with Gasteiger partial charge in [-0.25, -0.2) is 0 Å². The maximum absolute atomic E-state index is 10.8. The monoisotopic (exact) mass is 224 g/mol. The standard InChI is InChI=1S/C15H28O/c1-4-12-7-5-6-8-14(12)15(16)9-13(10-15)11(2)3/h11-14,16H,4-10H2,1-3H3. The molecule has 2 aliphatic rings. The van der Waals surface area contributed by atoms with Gasteiger partial charge in [-0.1, -0.05) is 46.5 Å². The van der Waals surface area contributed by atoms with Gasteiger partial charge in [-0.15, -0.1) is 0 Å². The molecule has 0 aromatic carbocycles. The van der Waals surface area contributed by atoms with Gasteiger partial charge in [0, 0.05) is 0 Å². The van der Waals surface area contributed by atoms with E-state index in [0.717, 1.165) is 30.6 Å². The summed E-state index contributed by atoms with van der Waals surface area (Å²) >= 11 is 0. The molecule has 0 amide bonds. The van der Waals surface area contributed by atoms with Crippen LogP contribution in [-0.4, -0.2) is 10.7 Å². The van der Waals surface area contributed by atoms with Crippen LogP contribution in [0.5, 0.6) is 0 Å². The van der Waals surface area contributed by atoms with Crippen molar-refractivity contribution in [3.63, 3.8) is 0 Å². The van der Waals surface area contributed by atoms with Crippen molar-refractivity contribution < 1.29 is 5.11 Å². The van der Waals surface area contributed by atoms with Crippen molar-refractivity contribution in [2.24, 2.45) is 23.7 Å². The summed E-state index contributed by atoms with van der Waals surface area (Å²) in [5, 5.41) is 10.8. The smallest absolute Gasteiger partial charge is 0.0684 e. The van der Waals surface area contributed by atoms with E-state index < -0.39 is 0 Å². The van der Waals surface area contributed by atoms with Crippen LogP contribution in [0.15, 0.2) is 0 Å². The van der Waals surface area contributed by atoms with E-state index in [2.05, 4.69) is 20.8 Å². The van der Waals surface area contributed by atoms with Gasteiger partial charge in [0.1, 0.15) is 0 Å². The molecule has 2 aliphatic carbocycles. The minimum atomic E-state index is -0.282. The molecular weight excluding hydrogens is 196 g/mol. The molecule has 0 radical (unpaired) electrons. The van der Waals surface area contributed by atoms with Crippen molar-refractivity contribution in [3.8, 4) is 0 Å². The summed E-state index contributed by atoms with van der Waals surface area (Å²) in [6.45, 7) is 6.88. The van der Waals surface area contributed by atoms with E-state index in [1.165, 1.54) is 32.1 Å². The molecule has 16 heavy (non-hydrogen) atoms.